The molecule has 0 saturated carbocycles. The third kappa shape index (κ3) is 4.70. The number of rotatable bonds is 6. The summed E-state index contributed by atoms with van der Waals surface area (Å²) in [5.41, 5.74) is 7.98. The number of benzene rings is 5. The molecule has 1 aromatic heterocycles. The number of nitrogens with zero attached hydrogens (tertiary/aromatic N) is 2. The lowest BCUT2D eigenvalue weighted by atomic mass is 10.1. The van der Waals surface area contributed by atoms with Crippen molar-refractivity contribution in [3.8, 4) is 11.1 Å². The van der Waals surface area contributed by atoms with Gasteiger partial charge in [-0.2, -0.15) is 0 Å². The summed E-state index contributed by atoms with van der Waals surface area (Å²) in [4.78, 5) is 7.13. The van der Waals surface area contributed by atoms with E-state index in [4.69, 9.17) is 4.98 Å². The molecule has 0 bridgehead atoms. The van der Waals surface area contributed by atoms with Gasteiger partial charge in [0.2, 0.25) is 0 Å². The predicted octanol–water partition coefficient (Wildman–Crippen LogP) is 9.60. The average molecular weight is 481 g/mol. The van der Waals surface area contributed by atoms with E-state index in [0.29, 0.717) is 0 Å². The fourth-order valence-corrected chi connectivity index (χ4v) is 5.18. The number of para-hydroxylation sites is 2. The Morgan fingerprint density at radius 1 is 0.528 bits per heavy atom. The molecule has 0 aliphatic rings. The zero-order valence-electron chi connectivity index (χ0n) is 19.7. The molecule has 0 aliphatic carbocycles. The molecule has 0 amide bonds. The lowest BCUT2D eigenvalue weighted by Gasteiger charge is -2.25. The maximum Gasteiger partial charge on any atom is 0.117 e. The van der Waals surface area contributed by atoms with Crippen molar-refractivity contribution in [3.05, 3.63) is 144 Å². The van der Waals surface area contributed by atoms with Crippen LogP contribution in [0.2, 0.25) is 0 Å². The van der Waals surface area contributed by atoms with Crippen molar-refractivity contribution in [2.24, 2.45) is 0 Å². The quantitative estimate of drug-likeness (QED) is 0.236. The zero-order chi connectivity index (χ0) is 24.2. The highest BCUT2D eigenvalue weighted by molar-refractivity contribution is 7.19. The molecule has 2 nitrogen and oxygen atoms in total. The minimum atomic E-state index is 1.01. The molecular weight excluding hydrogens is 456 g/mol. The fourth-order valence-electron chi connectivity index (χ4n) is 4.33. The van der Waals surface area contributed by atoms with Crippen molar-refractivity contribution in [1.82, 2.24) is 4.98 Å². The van der Waals surface area contributed by atoms with Gasteiger partial charge in [0.15, 0.2) is 0 Å². The minimum Gasteiger partial charge on any atom is -0.311 e. The van der Waals surface area contributed by atoms with E-state index in [2.05, 4.69) is 132 Å². The molecule has 0 N–H and O–H groups in total. The standard InChI is InChI=1S/C33H24N2S/c1-4-10-26(11-5-1)27-19-22-32-31(24-27)34-33(36-32)23-18-25-16-20-30(21-17-25)35(28-12-6-2-7-13-28)29-14-8-3-9-15-29/h1-24H/b23-18+. The molecule has 0 aliphatic heterocycles. The second-order valence-corrected chi connectivity index (χ2v) is 9.59. The van der Waals surface area contributed by atoms with Crippen LogP contribution in [0, 0.1) is 0 Å². The molecule has 6 aromatic rings. The first-order valence-electron chi connectivity index (χ1n) is 12.0. The fraction of sp³-hybridized carbons (Fsp3) is 0. The highest BCUT2D eigenvalue weighted by atomic mass is 32.1. The Balaban J connectivity index is 1.25. The first-order chi connectivity index (χ1) is 17.8. The summed E-state index contributed by atoms with van der Waals surface area (Å²) in [5, 5.41) is 1.01. The third-order valence-corrected chi connectivity index (χ3v) is 7.11. The van der Waals surface area contributed by atoms with Gasteiger partial charge in [-0.3, -0.25) is 0 Å². The van der Waals surface area contributed by atoms with E-state index in [1.54, 1.807) is 11.3 Å². The summed E-state index contributed by atoms with van der Waals surface area (Å²) in [6.07, 6.45) is 4.24. The Kier molecular flexibility index (Phi) is 6.13. The summed E-state index contributed by atoms with van der Waals surface area (Å²) < 4.78 is 1.20. The van der Waals surface area contributed by atoms with E-state index in [1.807, 2.05) is 18.2 Å². The normalized spacial score (nSPS) is 11.2. The molecule has 0 unspecified atom stereocenters. The van der Waals surface area contributed by atoms with E-state index in [0.717, 1.165) is 33.1 Å². The Bertz CT molecular complexity index is 1560. The van der Waals surface area contributed by atoms with Gasteiger partial charge in [-0.05, 0) is 71.3 Å². The van der Waals surface area contributed by atoms with Crippen LogP contribution in [0.25, 0.3) is 33.5 Å². The Morgan fingerprint density at radius 3 is 1.75 bits per heavy atom. The van der Waals surface area contributed by atoms with Crippen molar-refractivity contribution in [2.45, 2.75) is 0 Å². The van der Waals surface area contributed by atoms with Crippen molar-refractivity contribution in [3.63, 3.8) is 0 Å². The third-order valence-electron chi connectivity index (χ3n) is 6.11. The molecular formula is C33H24N2S. The second kappa shape index (κ2) is 10.0. The monoisotopic (exact) mass is 480 g/mol. The predicted molar refractivity (Wildman–Crippen MR) is 155 cm³/mol. The van der Waals surface area contributed by atoms with Crippen LogP contribution in [-0.2, 0) is 0 Å². The molecule has 5 aromatic carbocycles. The summed E-state index contributed by atoms with van der Waals surface area (Å²) in [6, 6.07) is 46.6. The molecule has 36 heavy (non-hydrogen) atoms. The first kappa shape index (κ1) is 22.0. The van der Waals surface area contributed by atoms with Gasteiger partial charge in [0.1, 0.15) is 5.01 Å². The molecule has 3 heteroatoms. The van der Waals surface area contributed by atoms with Gasteiger partial charge in [-0.1, -0.05) is 91.0 Å². The van der Waals surface area contributed by atoms with Gasteiger partial charge >= 0.3 is 0 Å². The van der Waals surface area contributed by atoms with Gasteiger partial charge in [0, 0.05) is 17.1 Å². The summed E-state index contributed by atoms with van der Waals surface area (Å²) >= 11 is 1.72. The van der Waals surface area contributed by atoms with Crippen LogP contribution in [-0.4, -0.2) is 4.98 Å². The van der Waals surface area contributed by atoms with Gasteiger partial charge in [0.25, 0.3) is 0 Å². The van der Waals surface area contributed by atoms with E-state index in [1.165, 1.54) is 15.8 Å². The number of thiazole rings is 1. The van der Waals surface area contributed by atoms with Crippen LogP contribution < -0.4 is 4.90 Å². The molecule has 1 heterocycles. The van der Waals surface area contributed by atoms with Gasteiger partial charge in [0.05, 0.1) is 10.2 Å². The number of hydrogen-bond donors (Lipinski definition) is 0. The molecule has 0 saturated heterocycles. The number of hydrogen-bond acceptors (Lipinski definition) is 3. The topological polar surface area (TPSA) is 16.1 Å². The first-order valence-corrected chi connectivity index (χ1v) is 12.8. The molecule has 0 radical (unpaired) electrons. The minimum absolute atomic E-state index is 1.01. The molecule has 6 rings (SSSR count). The summed E-state index contributed by atoms with van der Waals surface area (Å²) in [5.74, 6) is 0. The number of anilines is 3. The Morgan fingerprint density at radius 2 is 1.11 bits per heavy atom. The van der Waals surface area contributed by atoms with Crippen LogP contribution in [0.5, 0.6) is 0 Å². The van der Waals surface area contributed by atoms with E-state index >= 15 is 0 Å². The maximum absolute atomic E-state index is 4.86. The summed E-state index contributed by atoms with van der Waals surface area (Å²) in [7, 11) is 0. The van der Waals surface area contributed by atoms with Crippen LogP contribution in [0.3, 0.4) is 0 Å². The Hall–Kier alpha value is -4.47. The average Bonchev–Trinajstić information content (AvgIpc) is 3.37. The Labute approximate surface area is 215 Å². The van der Waals surface area contributed by atoms with E-state index < -0.39 is 0 Å². The lowest BCUT2D eigenvalue weighted by molar-refractivity contribution is 1.28. The van der Waals surface area contributed by atoms with E-state index in [9.17, 15) is 0 Å². The van der Waals surface area contributed by atoms with Crippen molar-refractivity contribution in [2.75, 3.05) is 4.90 Å². The van der Waals surface area contributed by atoms with Crippen LogP contribution in [0.1, 0.15) is 10.6 Å². The maximum atomic E-state index is 4.86. The van der Waals surface area contributed by atoms with Crippen LogP contribution in [0.15, 0.2) is 133 Å². The lowest BCUT2D eigenvalue weighted by Crippen LogP contribution is -2.09. The zero-order valence-corrected chi connectivity index (χ0v) is 20.5. The van der Waals surface area contributed by atoms with Crippen molar-refractivity contribution < 1.29 is 0 Å². The smallest absolute Gasteiger partial charge is 0.117 e. The molecule has 172 valence electrons. The second-order valence-electron chi connectivity index (χ2n) is 8.53. The molecule has 0 atom stereocenters. The largest absolute Gasteiger partial charge is 0.311 e. The highest BCUT2D eigenvalue weighted by Gasteiger charge is 2.11. The number of aromatic nitrogens is 1. The highest BCUT2D eigenvalue weighted by Crippen LogP contribution is 2.34. The van der Waals surface area contributed by atoms with Gasteiger partial charge in [-0.15, -0.1) is 11.3 Å². The SMILES string of the molecule is C(=C\c1nc2cc(-c3ccccc3)ccc2s1)/c1ccc(N(c2ccccc2)c2ccccc2)cc1. The van der Waals surface area contributed by atoms with Crippen molar-refractivity contribution >= 4 is 50.8 Å². The van der Waals surface area contributed by atoms with E-state index in [-0.39, 0.29) is 0 Å². The van der Waals surface area contributed by atoms with Crippen LogP contribution >= 0.6 is 11.3 Å². The van der Waals surface area contributed by atoms with Gasteiger partial charge < -0.3 is 4.90 Å². The van der Waals surface area contributed by atoms with Crippen LogP contribution in [0.4, 0.5) is 17.1 Å². The van der Waals surface area contributed by atoms with Crippen molar-refractivity contribution in [1.29, 1.82) is 0 Å². The van der Waals surface area contributed by atoms with Gasteiger partial charge in [-0.25, -0.2) is 4.98 Å². The molecule has 0 spiro atoms. The molecule has 0 fully saturated rings. The number of fused-ring (bicyclic) bond motifs is 1. The summed E-state index contributed by atoms with van der Waals surface area (Å²) in [6.45, 7) is 0.